The third-order valence-electron chi connectivity index (χ3n) is 4.37. The predicted molar refractivity (Wildman–Crippen MR) is 109 cm³/mol. The van der Waals surface area contributed by atoms with Crippen molar-refractivity contribution in [2.75, 3.05) is 18.7 Å². The molecule has 0 radical (unpaired) electrons. The zero-order valence-corrected chi connectivity index (χ0v) is 16.6. The maximum absolute atomic E-state index is 12.6. The number of methoxy groups -OCH3 is 1. The molecule has 1 unspecified atom stereocenters. The van der Waals surface area contributed by atoms with E-state index in [1.165, 1.54) is 13.2 Å². The summed E-state index contributed by atoms with van der Waals surface area (Å²) in [5.74, 6) is 1.05. The third kappa shape index (κ3) is 4.86. The third-order valence-corrected chi connectivity index (χ3v) is 5.78. The summed E-state index contributed by atoms with van der Waals surface area (Å²) in [5.41, 5.74) is 9.33. The van der Waals surface area contributed by atoms with Crippen LogP contribution < -0.4 is 15.2 Å². The minimum Gasteiger partial charge on any atom is -0.493 e. The molecule has 0 saturated heterocycles. The van der Waals surface area contributed by atoms with Crippen LogP contribution in [0.2, 0.25) is 0 Å². The summed E-state index contributed by atoms with van der Waals surface area (Å²) in [4.78, 5) is 0. The van der Waals surface area contributed by atoms with Crippen LogP contribution in [0.1, 0.15) is 24.5 Å². The fraction of sp³-hybridized carbons (Fsp3) is 0.350. The number of anilines is 1. The number of benzene rings is 2. The first-order valence-corrected chi connectivity index (χ1v) is 9.97. The number of nitrogens with two attached hydrogens (primary N) is 1. The Hall–Kier alpha value is -2.48. The Labute approximate surface area is 167 Å². The van der Waals surface area contributed by atoms with E-state index in [2.05, 4.69) is 11.7 Å². The zero-order chi connectivity index (χ0) is 20.1. The van der Waals surface area contributed by atoms with Crippen molar-refractivity contribution in [1.82, 2.24) is 5.01 Å². The molecule has 0 aliphatic carbocycles. The number of thioether (sulfide) groups is 1. The molecule has 1 aliphatic heterocycles. The summed E-state index contributed by atoms with van der Waals surface area (Å²) in [6.45, 7) is -0.133. The van der Waals surface area contributed by atoms with Crippen LogP contribution in [0, 0.1) is 0 Å². The van der Waals surface area contributed by atoms with Crippen LogP contribution in [0.15, 0.2) is 47.6 Å². The average molecular weight is 407 g/mol. The molecule has 2 N–H and O–H groups in total. The minimum atomic E-state index is -2.90. The van der Waals surface area contributed by atoms with E-state index in [0.29, 0.717) is 6.54 Å². The van der Waals surface area contributed by atoms with E-state index >= 15 is 0 Å². The maximum Gasteiger partial charge on any atom is 0.387 e. The van der Waals surface area contributed by atoms with Crippen LogP contribution in [-0.2, 0) is 6.54 Å². The van der Waals surface area contributed by atoms with Gasteiger partial charge in [0, 0.05) is 11.3 Å². The first-order valence-electron chi connectivity index (χ1n) is 8.92. The SMILES string of the molecule is CCC1SCN(Cc2ccc(N)cc2)N=C1c1ccc(OC(F)F)c(OC)c1. The van der Waals surface area contributed by atoms with Crippen molar-refractivity contribution in [1.29, 1.82) is 0 Å². The zero-order valence-electron chi connectivity index (χ0n) is 15.8. The first-order chi connectivity index (χ1) is 13.5. The summed E-state index contributed by atoms with van der Waals surface area (Å²) in [7, 11) is 1.43. The van der Waals surface area contributed by atoms with Gasteiger partial charge in [0.05, 0.1) is 30.5 Å². The lowest BCUT2D eigenvalue weighted by Crippen LogP contribution is -2.31. The smallest absolute Gasteiger partial charge is 0.387 e. The van der Waals surface area contributed by atoms with Gasteiger partial charge in [0.1, 0.15) is 0 Å². The van der Waals surface area contributed by atoms with Crippen LogP contribution in [0.25, 0.3) is 0 Å². The molecular weight excluding hydrogens is 384 g/mol. The largest absolute Gasteiger partial charge is 0.493 e. The van der Waals surface area contributed by atoms with Crippen LogP contribution in [0.3, 0.4) is 0 Å². The minimum absolute atomic E-state index is 0.0112. The predicted octanol–water partition coefficient (Wildman–Crippen LogP) is 4.57. The van der Waals surface area contributed by atoms with Crippen molar-refractivity contribution < 1.29 is 18.3 Å². The molecule has 150 valence electrons. The van der Waals surface area contributed by atoms with Gasteiger partial charge in [-0.25, -0.2) is 0 Å². The highest BCUT2D eigenvalue weighted by Gasteiger charge is 2.25. The quantitative estimate of drug-likeness (QED) is 0.682. The molecule has 1 atom stereocenters. The number of ether oxygens (including phenoxy) is 2. The molecule has 0 saturated carbocycles. The summed E-state index contributed by atoms with van der Waals surface area (Å²) in [6.07, 6.45) is 0.914. The Morgan fingerprint density at radius 2 is 1.96 bits per heavy atom. The van der Waals surface area contributed by atoms with Gasteiger partial charge >= 0.3 is 6.61 Å². The molecule has 1 aliphatic rings. The second-order valence-electron chi connectivity index (χ2n) is 6.33. The summed E-state index contributed by atoms with van der Waals surface area (Å²) in [6, 6.07) is 12.7. The lowest BCUT2D eigenvalue weighted by molar-refractivity contribution is -0.0512. The van der Waals surface area contributed by atoms with Crippen LogP contribution in [-0.4, -0.2) is 35.6 Å². The molecule has 0 amide bonds. The van der Waals surface area contributed by atoms with E-state index in [1.807, 2.05) is 29.3 Å². The highest BCUT2D eigenvalue weighted by Crippen LogP contribution is 2.33. The van der Waals surface area contributed by atoms with E-state index in [-0.39, 0.29) is 16.7 Å². The molecule has 0 bridgehead atoms. The molecule has 8 heteroatoms. The molecule has 3 rings (SSSR count). The first kappa shape index (κ1) is 20.3. The molecule has 0 spiro atoms. The van der Waals surface area contributed by atoms with Crippen molar-refractivity contribution in [3.63, 3.8) is 0 Å². The molecule has 5 nitrogen and oxygen atoms in total. The van der Waals surface area contributed by atoms with Gasteiger partial charge in [-0.1, -0.05) is 19.1 Å². The Balaban J connectivity index is 1.87. The fourth-order valence-electron chi connectivity index (χ4n) is 2.99. The number of hydrogen-bond donors (Lipinski definition) is 1. The topological polar surface area (TPSA) is 60.1 Å². The number of nitrogen functional groups attached to an aromatic ring is 1. The average Bonchev–Trinajstić information content (AvgIpc) is 2.69. The highest BCUT2D eigenvalue weighted by atomic mass is 32.2. The number of alkyl halides is 2. The van der Waals surface area contributed by atoms with Crippen LogP contribution in [0.4, 0.5) is 14.5 Å². The van der Waals surface area contributed by atoms with Gasteiger partial charge in [0.25, 0.3) is 0 Å². The lowest BCUT2D eigenvalue weighted by Gasteiger charge is -2.30. The molecule has 0 aromatic heterocycles. The lowest BCUT2D eigenvalue weighted by atomic mass is 10.0. The number of nitrogens with zero attached hydrogens (tertiary/aromatic N) is 2. The van der Waals surface area contributed by atoms with Crippen LogP contribution >= 0.6 is 11.8 Å². The van der Waals surface area contributed by atoms with Gasteiger partial charge in [-0.2, -0.15) is 13.9 Å². The Kier molecular flexibility index (Phi) is 6.61. The Morgan fingerprint density at radius 1 is 1.21 bits per heavy atom. The highest BCUT2D eigenvalue weighted by molar-refractivity contribution is 8.00. The van der Waals surface area contributed by atoms with Crippen molar-refractivity contribution in [3.05, 3.63) is 53.6 Å². The number of halogens is 2. The van der Waals surface area contributed by atoms with Gasteiger partial charge in [-0.15, -0.1) is 11.8 Å². The molecule has 1 heterocycles. The Bertz CT molecular complexity index is 831. The standard InChI is InChI=1S/C20H23F2N3O2S/c1-3-18-19(14-6-9-16(27-20(21)22)17(10-14)26-2)24-25(12-28-18)11-13-4-7-15(23)8-5-13/h4-10,18,20H,3,11-12,23H2,1-2H3. The molecule has 28 heavy (non-hydrogen) atoms. The van der Waals surface area contributed by atoms with Crippen LogP contribution in [0.5, 0.6) is 11.5 Å². The van der Waals surface area contributed by atoms with Gasteiger partial charge < -0.3 is 15.2 Å². The summed E-state index contributed by atoms with van der Waals surface area (Å²) in [5, 5.41) is 7.05. The monoisotopic (exact) mass is 407 g/mol. The Morgan fingerprint density at radius 3 is 2.61 bits per heavy atom. The van der Waals surface area contributed by atoms with Gasteiger partial charge in [0.15, 0.2) is 11.5 Å². The molecule has 2 aromatic carbocycles. The summed E-state index contributed by atoms with van der Waals surface area (Å²) >= 11 is 1.80. The van der Waals surface area contributed by atoms with E-state index in [4.69, 9.17) is 15.6 Å². The second-order valence-corrected chi connectivity index (χ2v) is 7.49. The van der Waals surface area contributed by atoms with Gasteiger partial charge in [-0.05, 0) is 42.3 Å². The second kappa shape index (κ2) is 9.14. The van der Waals surface area contributed by atoms with Crippen molar-refractivity contribution in [2.45, 2.75) is 31.8 Å². The van der Waals surface area contributed by atoms with Crippen molar-refractivity contribution >= 4 is 23.2 Å². The summed E-state index contributed by atoms with van der Waals surface area (Å²) < 4.78 is 34.9. The van der Waals surface area contributed by atoms with E-state index in [0.717, 1.165) is 34.8 Å². The molecule has 2 aromatic rings. The fourth-order valence-corrected chi connectivity index (χ4v) is 4.07. The van der Waals surface area contributed by atoms with E-state index in [9.17, 15) is 8.78 Å². The van der Waals surface area contributed by atoms with Gasteiger partial charge in [-0.3, -0.25) is 5.01 Å². The van der Waals surface area contributed by atoms with Crippen molar-refractivity contribution in [3.8, 4) is 11.5 Å². The van der Waals surface area contributed by atoms with Crippen molar-refractivity contribution in [2.24, 2.45) is 5.10 Å². The number of rotatable bonds is 7. The van der Waals surface area contributed by atoms with Gasteiger partial charge in [0.2, 0.25) is 0 Å². The normalized spacial score (nSPS) is 16.8. The number of hydrazone groups is 1. The van der Waals surface area contributed by atoms with E-state index < -0.39 is 6.61 Å². The number of hydrogen-bond acceptors (Lipinski definition) is 6. The molecule has 0 fully saturated rings. The maximum atomic E-state index is 12.6. The molecular formula is C20H23F2N3O2S. The van der Waals surface area contributed by atoms with E-state index in [1.54, 1.807) is 23.9 Å².